The van der Waals surface area contributed by atoms with E-state index >= 15 is 0 Å². The van der Waals surface area contributed by atoms with Gasteiger partial charge < -0.3 is 5.32 Å². The molecule has 6 nitrogen and oxygen atoms in total. The zero-order chi connectivity index (χ0) is 16.9. The number of nitrogens with zero attached hydrogens (tertiary/aromatic N) is 2. The standard InChI is InChI=1S/C16H21N3O3S/c1-2-10-23(21,22)19-9-3-4-15(19)16(20)18-12-14-7-5-13(11-17)6-8-14/h5-8,15H,2-4,9-10,12H2,1H3,(H,18,20). The second-order valence-corrected chi connectivity index (χ2v) is 7.65. The first-order chi connectivity index (χ1) is 11.0. The highest BCUT2D eigenvalue weighted by Gasteiger charge is 2.37. The van der Waals surface area contributed by atoms with E-state index < -0.39 is 16.1 Å². The molecule has 124 valence electrons. The Hall–Kier alpha value is -1.91. The molecule has 2 rings (SSSR count). The third kappa shape index (κ3) is 4.30. The summed E-state index contributed by atoms with van der Waals surface area (Å²) in [5.41, 5.74) is 1.44. The van der Waals surface area contributed by atoms with Crippen LogP contribution in [0.2, 0.25) is 0 Å². The highest BCUT2D eigenvalue weighted by molar-refractivity contribution is 7.89. The predicted molar refractivity (Wildman–Crippen MR) is 86.8 cm³/mol. The van der Waals surface area contributed by atoms with Crippen LogP contribution >= 0.6 is 0 Å². The van der Waals surface area contributed by atoms with Crippen LogP contribution in [0.3, 0.4) is 0 Å². The van der Waals surface area contributed by atoms with Crippen LogP contribution in [0.15, 0.2) is 24.3 Å². The molecule has 7 heteroatoms. The van der Waals surface area contributed by atoms with Gasteiger partial charge in [0.1, 0.15) is 6.04 Å². The minimum Gasteiger partial charge on any atom is -0.351 e. The van der Waals surface area contributed by atoms with Gasteiger partial charge in [-0.15, -0.1) is 0 Å². The van der Waals surface area contributed by atoms with Crippen molar-refractivity contribution < 1.29 is 13.2 Å². The number of hydrogen-bond donors (Lipinski definition) is 1. The molecule has 23 heavy (non-hydrogen) atoms. The summed E-state index contributed by atoms with van der Waals surface area (Å²) in [4.78, 5) is 12.3. The highest BCUT2D eigenvalue weighted by atomic mass is 32.2. The van der Waals surface area contributed by atoms with E-state index in [0.29, 0.717) is 37.9 Å². The van der Waals surface area contributed by atoms with Gasteiger partial charge in [0.2, 0.25) is 15.9 Å². The van der Waals surface area contributed by atoms with Crippen LogP contribution in [0.25, 0.3) is 0 Å². The predicted octanol–water partition coefficient (Wildman–Crippen LogP) is 1.38. The van der Waals surface area contributed by atoms with Crippen molar-refractivity contribution in [3.63, 3.8) is 0 Å². The fourth-order valence-corrected chi connectivity index (χ4v) is 4.46. The lowest BCUT2D eigenvalue weighted by atomic mass is 10.1. The van der Waals surface area contributed by atoms with Crippen molar-refractivity contribution in [3.05, 3.63) is 35.4 Å². The molecule has 0 saturated carbocycles. The lowest BCUT2D eigenvalue weighted by Crippen LogP contribution is -2.46. The molecule has 1 atom stereocenters. The average molecular weight is 335 g/mol. The Morgan fingerprint density at radius 2 is 2.09 bits per heavy atom. The number of sulfonamides is 1. The minimum absolute atomic E-state index is 0.0758. The first-order valence-corrected chi connectivity index (χ1v) is 9.35. The molecule has 1 aromatic carbocycles. The van der Waals surface area contributed by atoms with Crippen LogP contribution in [-0.2, 0) is 21.4 Å². The number of carbonyl (C=O) groups excluding carboxylic acids is 1. The molecule has 1 fully saturated rings. The molecule has 0 bridgehead atoms. The first-order valence-electron chi connectivity index (χ1n) is 7.74. The van der Waals surface area contributed by atoms with E-state index in [9.17, 15) is 13.2 Å². The van der Waals surface area contributed by atoms with Crippen LogP contribution in [0.1, 0.15) is 37.3 Å². The molecule has 0 radical (unpaired) electrons. The number of rotatable bonds is 6. The summed E-state index contributed by atoms with van der Waals surface area (Å²) in [6, 6.07) is 8.36. The summed E-state index contributed by atoms with van der Waals surface area (Å²) < 4.78 is 25.8. The highest BCUT2D eigenvalue weighted by Crippen LogP contribution is 2.22. The van der Waals surface area contributed by atoms with E-state index in [2.05, 4.69) is 5.32 Å². The molecular formula is C16H21N3O3S. The van der Waals surface area contributed by atoms with E-state index in [1.165, 1.54) is 4.31 Å². The maximum absolute atomic E-state index is 12.3. The molecule has 1 aromatic rings. The van der Waals surface area contributed by atoms with Gasteiger partial charge in [-0.1, -0.05) is 19.1 Å². The molecule has 1 N–H and O–H groups in total. The Kier molecular flexibility index (Phi) is 5.74. The van der Waals surface area contributed by atoms with Crippen molar-refractivity contribution in [1.82, 2.24) is 9.62 Å². The molecule has 0 aliphatic carbocycles. The molecular weight excluding hydrogens is 314 g/mol. The molecule has 0 spiro atoms. The second-order valence-electron chi connectivity index (χ2n) is 5.61. The summed E-state index contributed by atoms with van der Waals surface area (Å²) in [7, 11) is -3.36. The van der Waals surface area contributed by atoms with Gasteiger partial charge >= 0.3 is 0 Å². The van der Waals surface area contributed by atoms with Crippen molar-refractivity contribution in [2.45, 2.75) is 38.8 Å². The molecule has 1 amide bonds. The SMILES string of the molecule is CCCS(=O)(=O)N1CCCC1C(=O)NCc1ccc(C#N)cc1. The van der Waals surface area contributed by atoms with Crippen LogP contribution < -0.4 is 5.32 Å². The number of benzene rings is 1. The fourth-order valence-electron chi connectivity index (χ4n) is 2.71. The van der Waals surface area contributed by atoms with E-state index in [4.69, 9.17) is 5.26 Å². The van der Waals surface area contributed by atoms with Gasteiger partial charge in [0.05, 0.1) is 17.4 Å². The Morgan fingerprint density at radius 3 is 2.70 bits per heavy atom. The number of hydrogen-bond acceptors (Lipinski definition) is 4. The summed E-state index contributed by atoms with van der Waals surface area (Å²) in [6.07, 6.45) is 1.80. The molecule has 1 aliphatic rings. The molecule has 1 heterocycles. The Morgan fingerprint density at radius 1 is 1.39 bits per heavy atom. The van der Waals surface area contributed by atoms with Crippen LogP contribution in [-0.4, -0.2) is 37.0 Å². The first kappa shape index (κ1) is 17.4. The van der Waals surface area contributed by atoms with Crippen molar-refractivity contribution in [3.8, 4) is 6.07 Å². The lowest BCUT2D eigenvalue weighted by Gasteiger charge is -2.23. The van der Waals surface area contributed by atoms with E-state index in [-0.39, 0.29) is 11.7 Å². The third-order valence-electron chi connectivity index (χ3n) is 3.88. The zero-order valence-electron chi connectivity index (χ0n) is 13.2. The van der Waals surface area contributed by atoms with E-state index in [1.54, 1.807) is 24.3 Å². The smallest absolute Gasteiger partial charge is 0.238 e. The molecule has 0 aromatic heterocycles. The quantitative estimate of drug-likeness (QED) is 0.850. The van der Waals surface area contributed by atoms with Crippen molar-refractivity contribution in [1.29, 1.82) is 5.26 Å². The largest absolute Gasteiger partial charge is 0.351 e. The fraction of sp³-hybridized carbons (Fsp3) is 0.500. The number of carbonyl (C=O) groups is 1. The normalized spacial score (nSPS) is 18.5. The van der Waals surface area contributed by atoms with E-state index in [1.807, 2.05) is 13.0 Å². The van der Waals surface area contributed by atoms with Gasteiger partial charge in [-0.2, -0.15) is 9.57 Å². The second kappa shape index (κ2) is 7.57. The summed E-state index contributed by atoms with van der Waals surface area (Å²) in [5.74, 6) is -0.182. The summed E-state index contributed by atoms with van der Waals surface area (Å²) in [6.45, 7) is 2.55. The van der Waals surface area contributed by atoms with E-state index in [0.717, 1.165) is 5.56 Å². The number of amides is 1. The van der Waals surface area contributed by atoms with Crippen LogP contribution in [0, 0.1) is 11.3 Å². The Balaban J connectivity index is 1.98. The minimum atomic E-state index is -3.36. The van der Waals surface area contributed by atoms with Crippen molar-refractivity contribution >= 4 is 15.9 Å². The number of nitriles is 1. The third-order valence-corrected chi connectivity index (χ3v) is 5.95. The van der Waals surface area contributed by atoms with Gasteiger partial charge in [0.25, 0.3) is 0 Å². The van der Waals surface area contributed by atoms with Crippen molar-refractivity contribution in [2.75, 3.05) is 12.3 Å². The summed E-state index contributed by atoms with van der Waals surface area (Å²) >= 11 is 0. The Bertz CT molecular complexity index is 692. The zero-order valence-corrected chi connectivity index (χ0v) is 14.0. The molecule has 1 aliphatic heterocycles. The van der Waals surface area contributed by atoms with Crippen LogP contribution in [0.5, 0.6) is 0 Å². The van der Waals surface area contributed by atoms with Gasteiger partial charge in [0, 0.05) is 13.1 Å². The monoisotopic (exact) mass is 335 g/mol. The lowest BCUT2D eigenvalue weighted by molar-refractivity contribution is -0.124. The molecule has 1 unspecified atom stereocenters. The maximum atomic E-state index is 12.3. The molecule has 1 saturated heterocycles. The van der Waals surface area contributed by atoms with Crippen molar-refractivity contribution in [2.24, 2.45) is 0 Å². The van der Waals surface area contributed by atoms with Gasteiger partial charge in [-0.25, -0.2) is 8.42 Å². The topological polar surface area (TPSA) is 90.3 Å². The van der Waals surface area contributed by atoms with Gasteiger partial charge in [-0.05, 0) is 37.0 Å². The van der Waals surface area contributed by atoms with Gasteiger partial charge in [-0.3, -0.25) is 4.79 Å². The average Bonchev–Trinajstić information content (AvgIpc) is 3.03. The number of nitrogens with one attached hydrogen (secondary N) is 1. The Labute approximate surface area is 137 Å². The maximum Gasteiger partial charge on any atom is 0.238 e. The van der Waals surface area contributed by atoms with Gasteiger partial charge in [0.15, 0.2) is 0 Å². The van der Waals surface area contributed by atoms with Crippen LogP contribution in [0.4, 0.5) is 0 Å². The summed E-state index contributed by atoms with van der Waals surface area (Å²) in [5, 5.41) is 11.6.